The number of carbonyl (C=O) groups excluding carboxylic acids is 2. The number of nitrogens with one attached hydrogen (secondary N) is 1. The number of aromatic nitrogens is 2. The number of hydrogen-bond acceptors (Lipinski definition) is 5. The Morgan fingerprint density at radius 2 is 1.93 bits per heavy atom. The van der Waals surface area contributed by atoms with Crippen LogP contribution in [0.2, 0.25) is 0 Å². The summed E-state index contributed by atoms with van der Waals surface area (Å²) >= 11 is 1.23. The average molecular weight is 403 g/mol. The van der Waals surface area contributed by atoms with Gasteiger partial charge in [0.25, 0.3) is 5.91 Å². The fourth-order valence-corrected chi connectivity index (χ4v) is 3.95. The van der Waals surface area contributed by atoms with Crippen LogP contribution in [0.15, 0.2) is 30.3 Å². The Labute approximate surface area is 166 Å². The fourth-order valence-electron chi connectivity index (χ4n) is 2.87. The van der Waals surface area contributed by atoms with Crippen LogP contribution in [0, 0.1) is 12.7 Å². The Kier molecular flexibility index (Phi) is 6.08. The fraction of sp³-hybridized carbons (Fsp3) is 0.350. The van der Waals surface area contributed by atoms with Gasteiger partial charge in [-0.3, -0.25) is 4.79 Å². The van der Waals surface area contributed by atoms with E-state index in [1.165, 1.54) is 23.5 Å². The number of aryl methyl sites for hydroxylation is 1. The van der Waals surface area contributed by atoms with Crippen molar-refractivity contribution in [2.75, 3.05) is 6.61 Å². The topological polar surface area (TPSA) is 73.2 Å². The van der Waals surface area contributed by atoms with Crippen molar-refractivity contribution in [2.24, 2.45) is 0 Å². The molecule has 28 heavy (non-hydrogen) atoms. The molecule has 0 bridgehead atoms. The lowest BCUT2D eigenvalue weighted by Crippen LogP contribution is -2.36. The molecule has 0 spiro atoms. The van der Waals surface area contributed by atoms with Gasteiger partial charge >= 0.3 is 5.97 Å². The highest BCUT2D eigenvalue weighted by Crippen LogP contribution is 2.30. The summed E-state index contributed by atoms with van der Waals surface area (Å²) in [6.45, 7) is 5.51. The lowest BCUT2D eigenvalue weighted by atomic mass is 10.2. The van der Waals surface area contributed by atoms with Gasteiger partial charge in [-0.25, -0.2) is 13.9 Å². The molecule has 3 aromatic rings. The van der Waals surface area contributed by atoms with Crippen molar-refractivity contribution in [1.29, 1.82) is 0 Å². The van der Waals surface area contributed by atoms with Crippen LogP contribution in [0.5, 0.6) is 0 Å². The number of thiophene rings is 1. The van der Waals surface area contributed by atoms with Gasteiger partial charge in [0.05, 0.1) is 11.4 Å². The van der Waals surface area contributed by atoms with Gasteiger partial charge in [0, 0.05) is 11.4 Å². The molecule has 2 aromatic heterocycles. The van der Waals surface area contributed by atoms with E-state index in [4.69, 9.17) is 4.74 Å². The predicted molar refractivity (Wildman–Crippen MR) is 106 cm³/mol. The largest absolute Gasteiger partial charge is 0.451 e. The van der Waals surface area contributed by atoms with Crippen molar-refractivity contribution in [1.82, 2.24) is 15.1 Å². The highest BCUT2D eigenvalue weighted by atomic mass is 32.1. The standard InChI is InChI=1S/C20H22FN3O3S/c1-4-14(5-2)22-18(25)11-27-20(26)17-10-16-12(3)23-24(19(16)28-17)15-8-6-13(21)7-9-15/h6-10,14H,4-5,11H2,1-3H3,(H,22,25). The van der Waals surface area contributed by atoms with Gasteiger partial charge in [-0.05, 0) is 50.1 Å². The summed E-state index contributed by atoms with van der Waals surface area (Å²) in [5.41, 5.74) is 1.45. The van der Waals surface area contributed by atoms with Crippen LogP contribution in [0.1, 0.15) is 42.1 Å². The maximum Gasteiger partial charge on any atom is 0.348 e. The number of hydrogen-bond donors (Lipinski definition) is 1. The molecule has 148 valence electrons. The Bertz CT molecular complexity index is 990. The van der Waals surface area contributed by atoms with E-state index in [-0.39, 0.29) is 24.4 Å². The Morgan fingerprint density at radius 1 is 1.25 bits per heavy atom. The zero-order valence-electron chi connectivity index (χ0n) is 16.0. The van der Waals surface area contributed by atoms with Crippen molar-refractivity contribution >= 4 is 33.4 Å². The van der Waals surface area contributed by atoms with Crippen LogP contribution < -0.4 is 5.32 Å². The second-order valence-corrected chi connectivity index (χ2v) is 7.49. The van der Waals surface area contributed by atoms with Gasteiger partial charge in [-0.2, -0.15) is 5.10 Å². The number of amides is 1. The lowest BCUT2D eigenvalue weighted by molar-refractivity contribution is -0.125. The smallest absolute Gasteiger partial charge is 0.348 e. The Hall–Kier alpha value is -2.74. The van der Waals surface area contributed by atoms with Gasteiger partial charge in [0.15, 0.2) is 6.61 Å². The summed E-state index contributed by atoms with van der Waals surface area (Å²) < 4.78 is 20.0. The van der Waals surface area contributed by atoms with Gasteiger partial charge < -0.3 is 10.1 Å². The van der Waals surface area contributed by atoms with E-state index in [0.717, 1.165) is 28.8 Å². The quantitative estimate of drug-likeness (QED) is 0.605. The first-order chi connectivity index (χ1) is 13.4. The Balaban J connectivity index is 1.75. The molecule has 1 amide bonds. The number of benzene rings is 1. The van der Waals surface area contributed by atoms with E-state index in [1.54, 1.807) is 22.9 Å². The second kappa shape index (κ2) is 8.52. The van der Waals surface area contributed by atoms with Crippen molar-refractivity contribution in [3.05, 3.63) is 46.7 Å². The molecule has 1 N–H and O–H groups in total. The number of esters is 1. The van der Waals surface area contributed by atoms with E-state index in [0.29, 0.717) is 10.6 Å². The molecule has 6 nitrogen and oxygen atoms in total. The number of nitrogens with zero attached hydrogens (tertiary/aromatic N) is 2. The van der Waals surface area contributed by atoms with E-state index >= 15 is 0 Å². The third-order valence-electron chi connectivity index (χ3n) is 4.50. The molecule has 1 aromatic carbocycles. The van der Waals surface area contributed by atoms with Crippen molar-refractivity contribution in [3.8, 4) is 5.69 Å². The third kappa shape index (κ3) is 4.22. The summed E-state index contributed by atoms with van der Waals surface area (Å²) in [7, 11) is 0. The number of rotatable bonds is 7. The molecule has 0 radical (unpaired) electrons. The number of carbonyl (C=O) groups is 2. The molecular formula is C20H22FN3O3S. The SMILES string of the molecule is CCC(CC)NC(=O)COC(=O)c1cc2c(C)nn(-c3ccc(F)cc3)c2s1. The van der Waals surface area contributed by atoms with E-state index < -0.39 is 5.97 Å². The molecule has 0 aliphatic heterocycles. The lowest BCUT2D eigenvalue weighted by Gasteiger charge is -2.14. The molecule has 2 heterocycles. The summed E-state index contributed by atoms with van der Waals surface area (Å²) in [6, 6.07) is 7.77. The zero-order chi connectivity index (χ0) is 20.3. The third-order valence-corrected chi connectivity index (χ3v) is 5.59. The van der Waals surface area contributed by atoms with Crippen molar-refractivity contribution < 1.29 is 18.7 Å². The normalized spacial score (nSPS) is 11.2. The van der Waals surface area contributed by atoms with E-state index in [2.05, 4.69) is 10.4 Å². The first-order valence-corrected chi connectivity index (χ1v) is 9.96. The minimum Gasteiger partial charge on any atom is -0.451 e. The molecule has 0 aliphatic rings. The van der Waals surface area contributed by atoms with Gasteiger partial charge in [0.1, 0.15) is 15.5 Å². The van der Waals surface area contributed by atoms with E-state index in [9.17, 15) is 14.0 Å². The van der Waals surface area contributed by atoms with Crippen LogP contribution in [0.25, 0.3) is 15.9 Å². The molecule has 8 heteroatoms. The number of fused-ring (bicyclic) bond motifs is 1. The molecule has 0 fully saturated rings. The molecule has 0 saturated carbocycles. The van der Waals surface area contributed by atoms with Crippen LogP contribution >= 0.6 is 11.3 Å². The highest BCUT2D eigenvalue weighted by Gasteiger charge is 2.19. The van der Waals surface area contributed by atoms with Crippen LogP contribution in [-0.2, 0) is 9.53 Å². The number of halogens is 1. The van der Waals surface area contributed by atoms with Crippen molar-refractivity contribution in [3.63, 3.8) is 0 Å². The first-order valence-electron chi connectivity index (χ1n) is 9.14. The predicted octanol–water partition coefficient (Wildman–Crippen LogP) is 4.00. The molecule has 0 saturated heterocycles. The summed E-state index contributed by atoms with van der Waals surface area (Å²) in [4.78, 5) is 25.4. The minimum absolute atomic E-state index is 0.0832. The monoisotopic (exact) mass is 403 g/mol. The molecule has 0 atom stereocenters. The molecule has 0 unspecified atom stereocenters. The zero-order valence-corrected chi connectivity index (χ0v) is 16.8. The van der Waals surface area contributed by atoms with Crippen LogP contribution in [0.4, 0.5) is 4.39 Å². The highest BCUT2D eigenvalue weighted by molar-refractivity contribution is 7.20. The first kappa shape index (κ1) is 20.0. The van der Waals surface area contributed by atoms with Gasteiger partial charge in [-0.1, -0.05) is 13.8 Å². The maximum absolute atomic E-state index is 13.2. The van der Waals surface area contributed by atoms with Crippen LogP contribution in [0.3, 0.4) is 0 Å². The van der Waals surface area contributed by atoms with Gasteiger partial charge in [0.2, 0.25) is 0 Å². The average Bonchev–Trinajstić information content (AvgIpc) is 3.26. The minimum atomic E-state index is -0.550. The van der Waals surface area contributed by atoms with Crippen LogP contribution in [-0.4, -0.2) is 34.3 Å². The summed E-state index contributed by atoms with van der Waals surface area (Å²) in [5.74, 6) is -1.19. The second-order valence-electron chi connectivity index (χ2n) is 6.46. The summed E-state index contributed by atoms with van der Waals surface area (Å²) in [5, 5.41) is 8.12. The molecule has 0 aliphatic carbocycles. The maximum atomic E-state index is 13.2. The van der Waals surface area contributed by atoms with Crippen molar-refractivity contribution in [2.45, 2.75) is 39.7 Å². The number of ether oxygens (including phenoxy) is 1. The Morgan fingerprint density at radius 3 is 2.57 bits per heavy atom. The van der Waals surface area contributed by atoms with E-state index in [1.807, 2.05) is 20.8 Å². The molecular weight excluding hydrogens is 381 g/mol. The summed E-state index contributed by atoms with van der Waals surface area (Å²) in [6.07, 6.45) is 1.65. The molecule has 3 rings (SSSR count). The van der Waals surface area contributed by atoms with Gasteiger partial charge in [-0.15, -0.1) is 11.3 Å².